The maximum atomic E-state index is 10.5. The van der Waals surface area contributed by atoms with Crippen molar-refractivity contribution in [3.05, 3.63) is 35.9 Å². The molecule has 1 aliphatic rings. The lowest BCUT2D eigenvalue weighted by atomic mass is 9.99. The fraction of sp³-hybridized carbons (Fsp3) is 0.500. The zero-order chi connectivity index (χ0) is 11.4. The Balaban J connectivity index is 2.24. The van der Waals surface area contributed by atoms with Crippen molar-refractivity contribution in [2.24, 2.45) is 0 Å². The van der Waals surface area contributed by atoms with Gasteiger partial charge in [0.15, 0.2) is 0 Å². The minimum absolute atomic E-state index is 0.381. The Labute approximate surface area is 95.2 Å². The van der Waals surface area contributed by atoms with Crippen LogP contribution in [0, 0.1) is 0 Å². The van der Waals surface area contributed by atoms with E-state index in [2.05, 4.69) is 5.32 Å². The first kappa shape index (κ1) is 11.5. The highest BCUT2D eigenvalue weighted by Gasteiger charge is 2.40. The van der Waals surface area contributed by atoms with Crippen molar-refractivity contribution in [1.82, 2.24) is 5.32 Å². The van der Waals surface area contributed by atoms with Crippen LogP contribution in [0.3, 0.4) is 0 Å². The number of hydrogen-bond donors (Lipinski definition) is 2. The van der Waals surface area contributed by atoms with Gasteiger partial charge in [-0.05, 0) is 0 Å². The van der Waals surface area contributed by atoms with E-state index in [1.54, 1.807) is 0 Å². The molecule has 2 rings (SSSR count). The van der Waals surface area contributed by atoms with Crippen LogP contribution >= 0.6 is 0 Å². The summed E-state index contributed by atoms with van der Waals surface area (Å²) >= 11 is 0. The predicted octanol–water partition coefficient (Wildman–Crippen LogP) is 0.466. The normalized spacial score (nSPS) is 25.0. The van der Waals surface area contributed by atoms with Gasteiger partial charge in [-0.2, -0.15) is 0 Å². The van der Waals surface area contributed by atoms with Crippen LogP contribution in [-0.2, 0) is 15.3 Å². The molecule has 0 radical (unpaired) electrons. The highest BCUT2D eigenvalue weighted by Crippen LogP contribution is 2.28. The van der Waals surface area contributed by atoms with Gasteiger partial charge in [0.2, 0.25) is 5.79 Å². The fourth-order valence-corrected chi connectivity index (χ4v) is 1.93. The highest BCUT2D eigenvalue weighted by molar-refractivity contribution is 5.21. The minimum atomic E-state index is -1.38. The summed E-state index contributed by atoms with van der Waals surface area (Å²) < 4.78 is 10.8. The molecule has 0 bridgehead atoms. The molecule has 1 fully saturated rings. The Bertz CT molecular complexity index is 324. The fourth-order valence-electron chi connectivity index (χ4n) is 1.93. The molecule has 88 valence electrons. The summed E-state index contributed by atoms with van der Waals surface area (Å²) in [6, 6.07) is 9.31. The minimum Gasteiger partial charge on any atom is -0.370 e. The third-order valence-electron chi connectivity index (χ3n) is 2.86. The summed E-state index contributed by atoms with van der Waals surface area (Å²) in [4.78, 5) is 0. The van der Waals surface area contributed by atoms with Crippen molar-refractivity contribution in [1.29, 1.82) is 0 Å². The first-order chi connectivity index (χ1) is 7.77. The monoisotopic (exact) mass is 223 g/mol. The Morgan fingerprint density at radius 2 is 2.19 bits per heavy atom. The van der Waals surface area contributed by atoms with Crippen molar-refractivity contribution in [2.75, 3.05) is 26.8 Å². The number of rotatable bonds is 3. The molecular formula is C12H17NO3. The Morgan fingerprint density at radius 1 is 1.44 bits per heavy atom. The third kappa shape index (κ3) is 2.10. The molecular weight excluding hydrogens is 206 g/mol. The maximum Gasteiger partial charge on any atom is 0.220 e. The second-order valence-electron chi connectivity index (χ2n) is 3.83. The number of morpholine rings is 1. The van der Waals surface area contributed by atoms with Crippen LogP contribution in [0.1, 0.15) is 5.56 Å². The summed E-state index contributed by atoms with van der Waals surface area (Å²) in [5, 5.41) is 13.7. The molecule has 0 aliphatic carbocycles. The second-order valence-corrected chi connectivity index (χ2v) is 3.83. The van der Waals surface area contributed by atoms with Gasteiger partial charge in [0.05, 0.1) is 6.61 Å². The van der Waals surface area contributed by atoms with Crippen molar-refractivity contribution in [3.8, 4) is 0 Å². The predicted molar refractivity (Wildman–Crippen MR) is 60.0 cm³/mol. The van der Waals surface area contributed by atoms with E-state index in [1.807, 2.05) is 30.3 Å². The molecule has 1 heterocycles. The smallest absolute Gasteiger partial charge is 0.220 e. The summed E-state index contributed by atoms with van der Waals surface area (Å²) in [5.41, 5.74) is 0.714. The number of benzene rings is 1. The molecule has 0 spiro atoms. The molecule has 0 saturated carbocycles. The van der Waals surface area contributed by atoms with Gasteiger partial charge < -0.3 is 19.9 Å². The van der Waals surface area contributed by atoms with E-state index in [9.17, 15) is 5.11 Å². The van der Waals surface area contributed by atoms with Gasteiger partial charge in [0.1, 0.15) is 6.10 Å². The zero-order valence-corrected chi connectivity index (χ0v) is 9.35. The summed E-state index contributed by atoms with van der Waals surface area (Å²) in [6.45, 7) is 1.98. The lowest BCUT2D eigenvalue weighted by molar-refractivity contribution is -0.267. The molecule has 4 nitrogen and oxygen atoms in total. The zero-order valence-electron chi connectivity index (χ0n) is 9.35. The summed E-state index contributed by atoms with van der Waals surface area (Å²) in [6.07, 6.45) is -0.381. The van der Waals surface area contributed by atoms with Gasteiger partial charge in [-0.15, -0.1) is 0 Å². The molecule has 1 aromatic rings. The molecule has 1 aliphatic heterocycles. The molecule has 0 aromatic heterocycles. The average Bonchev–Trinajstić information content (AvgIpc) is 2.40. The maximum absolute atomic E-state index is 10.5. The van der Waals surface area contributed by atoms with Crippen molar-refractivity contribution in [2.45, 2.75) is 11.9 Å². The van der Waals surface area contributed by atoms with Crippen LogP contribution in [0.2, 0.25) is 0 Å². The van der Waals surface area contributed by atoms with Gasteiger partial charge in [-0.3, -0.25) is 0 Å². The molecule has 4 heteroatoms. The van der Waals surface area contributed by atoms with E-state index in [1.165, 1.54) is 7.11 Å². The Morgan fingerprint density at radius 3 is 2.75 bits per heavy atom. The quantitative estimate of drug-likeness (QED) is 0.731. The third-order valence-corrected chi connectivity index (χ3v) is 2.86. The topological polar surface area (TPSA) is 50.7 Å². The molecule has 2 unspecified atom stereocenters. The molecule has 16 heavy (non-hydrogen) atoms. The SMILES string of the molecule is COC(O)(c1ccccc1)C1CNCCO1. The van der Waals surface area contributed by atoms with E-state index >= 15 is 0 Å². The van der Waals surface area contributed by atoms with Crippen molar-refractivity contribution < 1.29 is 14.6 Å². The first-order valence-electron chi connectivity index (χ1n) is 5.43. The standard InChI is InChI=1S/C12H17NO3/c1-15-12(14,10-5-3-2-4-6-10)11-9-13-7-8-16-11/h2-6,11,13-14H,7-9H2,1H3. The summed E-state index contributed by atoms with van der Waals surface area (Å²) in [5.74, 6) is -1.38. The number of ether oxygens (including phenoxy) is 2. The summed E-state index contributed by atoms with van der Waals surface area (Å²) in [7, 11) is 1.49. The van der Waals surface area contributed by atoms with E-state index in [0.29, 0.717) is 18.7 Å². The van der Waals surface area contributed by atoms with Crippen LogP contribution in [0.4, 0.5) is 0 Å². The molecule has 0 amide bonds. The van der Waals surface area contributed by atoms with Crippen LogP contribution in [-0.4, -0.2) is 38.0 Å². The molecule has 1 saturated heterocycles. The van der Waals surface area contributed by atoms with Gasteiger partial charge in [0, 0.05) is 25.8 Å². The van der Waals surface area contributed by atoms with Gasteiger partial charge in [0.25, 0.3) is 0 Å². The number of hydrogen-bond acceptors (Lipinski definition) is 4. The first-order valence-corrected chi connectivity index (χ1v) is 5.43. The van der Waals surface area contributed by atoms with Crippen LogP contribution in [0.5, 0.6) is 0 Å². The van der Waals surface area contributed by atoms with E-state index < -0.39 is 5.79 Å². The van der Waals surface area contributed by atoms with E-state index in [4.69, 9.17) is 9.47 Å². The second kappa shape index (κ2) is 4.93. The molecule has 2 N–H and O–H groups in total. The van der Waals surface area contributed by atoms with E-state index in [-0.39, 0.29) is 6.10 Å². The van der Waals surface area contributed by atoms with Gasteiger partial charge in [-0.25, -0.2) is 0 Å². The van der Waals surface area contributed by atoms with Gasteiger partial charge >= 0.3 is 0 Å². The lowest BCUT2D eigenvalue weighted by Crippen LogP contribution is -2.52. The molecule has 2 atom stereocenters. The van der Waals surface area contributed by atoms with Crippen LogP contribution < -0.4 is 5.32 Å². The van der Waals surface area contributed by atoms with Gasteiger partial charge in [-0.1, -0.05) is 30.3 Å². The van der Waals surface area contributed by atoms with Crippen LogP contribution in [0.25, 0.3) is 0 Å². The average molecular weight is 223 g/mol. The lowest BCUT2D eigenvalue weighted by Gasteiger charge is -2.37. The largest absolute Gasteiger partial charge is 0.370 e. The number of methoxy groups -OCH3 is 1. The van der Waals surface area contributed by atoms with Crippen molar-refractivity contribution >= 4 is 0 Å². The highest BCUT2D eigenvalue weighted by atomic mass is 16.6. The van der Waals surface area contributed by atoms with Crippen molar-refractivity contribution in [3.63, 3.8) is 0 Å². The number of aliphatic hydroxyl groups is 1. The Hall–Kier alpha value is -0.940. The Kier molecular flexibility index (Phi) is 3.56. The number of nitrogens with one attached hydrogen (secondary N) is 1. The molecule has 1 aromatic carbocycles. The van der Waals surface area contributed by atoms with E-state index in [0.717, 1.165) is 6.54 Å². The van der Waals surface area contributed by atoms with Crippen LogP contribution in [0.15, 0.2) is 30.3 Å².